The SMILES string of the molecule is CCNCC(C)S(=O)(=O)Nc1cccc(Cl)c1Cl. The Morgan fingerprint density at radius 2 is 2.00 bits per heavy atom. The minimum Gasteiger partial charge on any atom is -0.316 e. The van der Waals surface area contributed by atoms with E-state index in [1.165, 1.54) is 0 Å². The molecule has 0 amide bonds. The van der Waals surface area contributed by atoms with Crippen LogP contribution >= 0.6 is 23.2 Å². The molecule has 102 valence electrons. The zero-order valence-corrected chi connectivity index (χ0v) is 12.5. The van der Waals surface area contributed by atoms with Crippen LogP contribution in [0, 0.1) is 0 Å². The van der Waals surface area contributed by atoms with Crippen LogP contribution in [-0.4, -0.2) is 26.8 Å². The number of halogens is 2. The number of hydrogen-bond acceptors (Lipinski definition) is 3. The summed E-state index contributed by atoms with van der Waals surface area (Å²) >= 11 is 11.8. The largest absolute Gasteiger partial charge is 0.316 e. The van der Waals surface area contributed by atoms with Gasteiger partial charge in [-0.15, -0.1) is 0 Å². The molecule has 0 aliphatic carbocycles. The van der Waals surface area contributed by atoms with Crippen molar-refractivity contribution in [3.63, 3.8) is 0 Å². The highest BCUT2D eigenvalue weighted by Gasteiger charge is 2.21. The Balaban J connectivity index is 2.85. The Bertz CT molecular complexity index is 506. The van der Waals surface area contributed by atoms with Gasteiger partial charge in [-0.25, -0.2) is 8.42 Å². The molecule has 0 fully saturated rings. The molecule has 1 unspecified atom stereocenters. The highest BCUT2D eigenvalue weighted by Crippen LogP contribution is 2.30. The molecule has 0 heterocycles. The van der Waals surface area contributed by atoms with E-state index in [9.17, 15) is 8.42 Å². The van der Waals surface area contributed by atoms with Gasteiger partial charge in [0.2, 0.25) is 10.0 Å². The van der Waals surface area contributed by atoms with Crippen LogP contribution in [0.25, 0.3) is 0 Å². The van der Waals surface area contributed by atoms with Crippen LogP contribution in [0.2, 0.25) is 10.0 Å². The Labute approximate surface area is 118 Å². The third-order valence-corrected chi connectivity index (χ3v) is 4.96. The van der Waals surface area contributed by atoms with Crippen LogP contribution < -0.4 is 10.0 Å². The zero-order valence-electron chi connectivity index (χ0n) is 10.2. The van der Waals surface area contributed by atoms with Gasteiger partial charge in [0.05, 0.1) is 21.0 Å². The van der Waals surface area contributed by atoms with E-state index in [0.29, 0.717) is 17.3 Å². The Morgan fingerprint density at radius 1 is 1.33 bits per heavy atom. The molecule has 7 heteroatoms. The summed E-state index contributed by atoms with van der Waals surface area (Å²) in [7, 11) is -3.48. The average molecular weight is 311 g/mol. The van der Waals surface area contributed by atoms with Gasteiger partial charge in [0.15, 0.2) is 0 Å². The summed E-state index contributed by atoms with van der Waals surface area (Å²) in [6.45, 7) is 4.64. The second kappa shape index (κ2) is 6.61. The van der Waals surface area contributed by atoms with E-state index in [2.05, 4.69) is 10.0 Å². The van der Waals surface area contributed by atoms with Crippen molar-refractivity contribution in [1.29, 1.82) is 0 Å². The molecule has 4 nitrogen and oxygen atoms in total. The van der Waals surface area contributed by atoms with E-state index >= 15 is 0 Å². The average Bonchev–Trinajstić information content (AvgIpc) is 2.31. The van der Waals surface area contributed by atoms with Gasteiger partial charge in [-0.1, -0.05) is 36.2 Å². The van der Waals surface area contributed by atoms with Crippen LogP contribution in [0.3, 0.4) is 0 Å². The highest BCUT2D eigenvalue weighted by atomic mass is 35.5. The van der Waals surface area contributed by atoms with Gasteiger partial charge in [-0.3, -0.25) is 4.72 Å². The second-order valence-electron chi connectivity index (χ2n) is 3.87. The predicted octanol–water partition coefficient (Wildman–Crippen LogP) is 2.73. The molecule has 0 aliphatic rings. The third kappa shape index (κ3) is 4.02. The fourth-order valence-corrected chi connectivity index (χ4v) is 2.71. The van der Waals surface area contributed by atoms with Crippen molar-refractivity contribution in [3.8, 4) is 0 Å². The van der Waals surface area contributed by atoms with Gasteiger partial charge >= 0.3 is 0 Å². The lowest BCUT2D eigenvalue weighted by Gasteiger charge is -2.16. The number of rotatable bonds is 6. The monoisotopic (exact) mass is 310 g/mol. The van der Waals surface area contributed by atoms with Crippen molar-refractivity contribution < 1.29 is 8.42 Å². The van der Waals surface area contributed by atoms with E-state index in [1.54, 1.807) is 25.1 Å². The van der Waals surface area contributed by atoms with E-state index in [0.717, 1.165) is 6.54 Å². The molecular weight excluding hydrogens is 295 g/mol. The number of benzene rings is 1. The summed E-state index contributed by atoms with van der Waals surface area (Å²) in [4.78, 5) is 0. The minimum atomic E-state index is -3.48. The van der Waals surface area contributed by atoms with Crippen molar-refractivity contribution in [2.75, 3.05) is 17.8 Å². The molecule has 0 spiro atoms. The predicted molar refractivity (Wildman–Crippen MR) is 77.0 cm³/mol. The first-order chi connectivity index (χ1) is 8.38. The van der Waals surface area contributed by atoms with Crippen molar-refractivity contribution in [3.05, 3.63) is 28.2 Å². The molecule has 0 radical (unpaired) electrons. The first-order valence-electron chi connectivity index (χ1n) is 5.54. The van der Waals surface area contributed by atoms with Gasteiger partial charge in [0.1, 0.15) is 0 Å². The number of nitrogens with one attached hydrogen (secondary N) is 2. The Hall–Kier alpha value is -0.490. The van der Waals surface area contributed by atoms with E-state index in [-0.39, 0.29) is 5.02 Å². The number of hydrogen-bond donors (Lipinski definition) is 2. The first-order valence-corrected chi connectivity index (χ1v) is 7.85. The fourth-order valence-electron chi connectivity index (χ4n) is 1.29. The van der Waals surface area contributed by atoms with Gasteiger partial charge in [0.25, 0.3) is 0 Å². The quantitative estimate of drug-likeness (QED) is 0.849. The minimum absolute atomic E-state index is 0.207. The van der Waals surface area contributed by atoms with E-state index in [4.69, 9.17) is 23.2 Å². The molecule has 2 N–H and O–H groups in total. The Morgan fingerprint density at radius 3 is 2.61 bits per heavy atom. The van der Waals surface area contributed by atoms with Crippen molar-refractivity contribution in [2.45, 2.75) is 19.1 Å². The maximum atomic E-state index is 12.0. The fraction of sp³-hybridized carbons (Fsp3) is 0.455. The van der Waals surface area contributed by atoms with Crippen LogP contribution in [0.4, 0.5) is 5.69 Å². The Kier molecular flexibility index (Phi) is 5.72. The van der Waals surface area contributed by atoms with Crippen LogP contribution in [0.5, 0.6) is 0 Å². The van der Waals surface area contributed by atoms with Crippen LogP contribution in [0.15, 0.2) is 18.2 Å². The number of sulfonamides is 1. The summed E-state index contributed by atoms with van der Waals surface area (Å²) in [5.41, 5.74) is 0.299. The van der Waals surface area contributed by atoms with Crippen molar-refractivity contribution >= 4 is 38.9 Å². The summed E-state index contributed by atoms with van der Waals surface area (Å²) in [6, 6.07) is 4.82. The molecular formula is C11H16Cl2N2O2S. The van der Waals surface area contributed by atoms with Crippen molar-refractivity contribution in [1.82, 2.24) is 5.32 Å². The van der Waals surface area contributed by atoms with Crippen molar-refractivity contribution in [2.24, 2.45) is 0 Å². The standard InChI is InChI=1S/C11H16Cl2N2O2S/c1-3-14-7-8(2)18(16,17)15-10-6-4-5-9(12)11(10)13/h4-6,8,14-15H,3,7H2,1-2H3. The smallest absolute Gasteiger partial charge is 0.236 e. The normalized spacial score (nSPS) is 13.3. The maximum absolute atomic E-state index is 12.0. The lowest BCUT2D eigenvalue weighted by Crippen LogP contribution is -2.34. The molecule has 18 heavy (non-hydrogen) atoms. The van der Waals surface area contributed by atoms with Crippen LogP contribution in [-0.2, 0) is 10.0 Å². The highest BCUT2D eigenvalue weighted by molar-refractivity contribution is 7.93. The maximum Gasteiger partial charge on any atom is 0.236 e. The van der Waals surface area contributed by atoms with E-state index in [1.807, 2.05) is 6.92 Å². The summed E-state index contributed by atoms with van der Waals surface area (Å²) in [5, 5.41) is 2.95. The molecule has 0 aromatic heterocycles. The zero-order chi connectivity index (χ0) is 13.8. The summed E-state index contributed by atoms with van der Waals surface area (Å²) in [5.74, 6) is 0. The summed E-state index contributed by atoms with van der Waals surface area (Å²) in [6.07, 6.45) is 0. The molecule has 0 bridgehead atoms. The molecule has 0 saturated heterocycles. The molecule has 0 saturated carbocycles. The molecule has 1 aromatic carbocycles. The van der Waals surface area contributed by atoms with Gasteiger partial charge in [-0.2, -0.15) is 0 Å². The summed E-state index contributed by atoms with van der Waals surface area (Å²) < 4.78 is 26.5. The van der Waals surface area contributed by atoms with Gasteiger partial charge < -0.3 is 5.32 Å². The topological polar surface area (TPSA) is 58.2 Å². The third-order valence-electron chi connectivity index (χ3n) is 2.42. The van der Waals surface area contributed by atoms with Crippen LogP contribution in [0.1, 0.15) is 13.8 Å². The number of anilines is 1. The first kappa shape index (κ1) is 15.6. The van der Waals surface area contributed by atoms with Gasteiger partial charge in [-0.05, 0) is 25.6 Å². The molecule has 1 aromatic rings. The molecule has 1 atom stereocenters. The van der Waals surface area contributed by atoms with Gasteiger partial charge in [0, 0.05) is 6.54 Å². The van der Waals surface area contributed by atoms with E-state index < -0.39 is 15.3 Å². The lowest BCUT2D eigenvalue weighted by molar-refractivity contribution is 0.579. The lowest BCUT2D eigenvalue weighted by atomic mass is 10.3. The second-order valence-corrected chi connectivity index (χ2v) is 6.75. The molecule has 0 aliphatic heterocycles. The molecule has 1 rings (SSSR count).